The average molecular weight is 405 g/mol. The fourth-order valence-electron chi connectivity index (χ4n) is 4.78. The molecule has 4 aliphatic rings. The number of likely N-dealkylation sites (tertiary alicyclic amines) is 1. The number of hydrogen-bond donors (Lipinski definition) is 2. The van der Waals surface area contributed by atoms with Crippen LogP contribution in [0.2, 0.25) is 0 Å². The van der Waals surface area contributed by atoms with Crippen molar-refractivity contribution in [1.82, 2.24) is 25.3 Å². The van der Waals surface area contributed by atoms with Crippen molar-refractivity contribution in [3.8, 4) is 0 Å². The highest BCUT2D eigenvalue weighted by Gasteiger charge is 2.31. The van der Waals surface area contributed by atoms with Crippen molar-refractivity contribution in [3.05, 3.63) is 22.4 Å². The van der Waals surface area contributed by atoms with Crippen LogP contribution in [0, 0.1) is 5.92 Å². The molecule has 156 valence electrons. The highest BCUT2D eigenvalue weighted by molar-refractivity contribution is 7.10. The van der Waals surface area contributed by atoms with Crippen LogP contribution in [0.25, 0.3) is 0 Å². The number of fused-ring (bicyclic) bond motifs is 3. The Morgan fingerprint density at radius 1 is 1.18 bits per heavy atom. The van der Waals surface area contributed by atoms with Gasteiger partial charge in [-0.15, -0.1) is 11.3 Å². The summed E-state index contributed by atoms with van der Waals surface area (Å²) in [5.41, 5.74) is 0. The number of nitrogens with zero attached hydrogens (tertiary/aromatic N) is 4. The number of guanidine groups is 1. The van der Waals surface area contributed by atoms with Gasteiger partial charge in [0.15, 0.2) is 5.96 Å². The van der Waals surface area contributed by atoms with E-state index in [1.54, 1.807) is 0 Å². The average Bonchev–Trinajstić information content (AvgIpc) is 3.27. The second-order valence-electron chi connectivity index (χ2n) is 8.57. The van der Waals surface area contributed by atoms with Gasteiger partial charge in [-0.1, -0.05) is 13.0 Å². The number of piperidine rings is 1. The molecular formula is C21H36N6S. The number of piperazine rings is 3. The quantitative estimate of drug-likeness (QED) is 0.558. The summed E-state index contributed by atoms with van der Waals surface area (Å²) in [5.74, 6) is 1.80. The molecule has 1 aromatic rings. The molecule has 4 aliphatic heterocycles. The monoisotopic (exact) mass is 404 g/mol. The van der Waals surface area contributed by atoms with Crippen molar-refractivity contribution in [2.75, 3.05) is 66.0 Å². The molecular weight excluding hydrogens is 368 g/mol. The molecule has 4 fully saturated rings. The number of thiophene rings is 1. The van der Waals surface area contributed by atoms with Crippen LogP contribution < -0.4 is 10.6 Å². The first-order valence-electron chi connectivity index (χ1n) is 10.9. The minimum Gasteiger partial charge on any atom is -0.355 e. The van der Waals surface area contributed by atoms with Gasteiger partial charge in [0, 0.05) is 63.8 Å². The Balaban J connectivity index is 1.30. The topological polar surface area (TPSA) is 46.1 Å². The van der Waals surface area contributed by atoms with Crippen molar-refractivity contribution in [2.24, 2.45) is 10.9 Å². The van der Waals surface area contributed by atoms with Crippen LogP contribution in [0.5, 0.6) is 0 Å². The van der Waals surface area contributed by atoms with Gasteiger partial charge in [-0.05, 0) is 43.3 Å². The molecule has 2 N–H and O–H groups in total. The Labute approximate surface area is 174 Å². The van der Waals surface area contributed by atoms with Crippen LogP contribution in [0.15, 0.2) is 22.5 Å². The third-order valence-corrected chi connectivity index (χ3v) is 7.69. The van der Waals surface area contributed by atoms with Crippen molar-refractivity contribution in [2.45, 2.75) is 31.8 Å². The number of rotatable bonds is 6. The predicted molar refractivity (Wildman–Crippen MR) is 118 cm³/mol. The van der Waals surface area contributed by atoms with Gasteiger partial charge in [0.25, 0.3) is 0 Å². The molecule has 5 heterocycles. The number of aliphatic imine (C=N–C) groups is 1. The molecule has 2 unspecified atom stereocenters. The predicted octanol–water partition coefficient (Wildman–Crippen LogP) is 1.69. The highest BCUT2D eigenvalue weighted by atomic mass is 32.1. The van der Waals surface area contributed by atoms with E-state index >= 15 is 0 Å². The smallest absolute Gasteiger partial charge is 0.191 e. The van der Waals surface area contributed by atoms with Crippen molar-refractivity contribution in [1.29, 1.82) is 0 Å². The van der Waals surface area contributed by atoms with Crippen molar-refractivity contribution >= 4 is 17.3 Å². The summed E-state index contributed by atoms with van der Waals surface area (Å²) in [4.78, 5) is 13.8. The molecule has 0 aromatic carbocycles. The summed E-state index contributed by atoms with van der Waals surface area (Å²) >= 11 is 1.87. The minimum atomic E-state index is 0.437. The highest BCUT2D eigenvalue weighted by Crippen LogP contribution is 2.29. The van der Waals surface area contributed by atoms with Crippen LogP contribution in [-0.4, -0.2) is 92.7 Å². The summed E-state index contributed by atoms with van der Waals surface area (Å²) in [6.07, 6.45) is 2.62. The zero-order chi connectivity index (χ0) is 19.3. The lowest BCUT2D eigenvalue weighted by atomic mass is 9.97. The number of nitrogens with one attached hydrogen (secondary N) is 2. The Hall–Kier alpha value is -1.15. The molecule has 6 nitrogen and oxygen atoms in total. The van der Waals surface area contributed by atoms with E-state index in [4.69, 9.17) is 0 Å². The Morgan fingerprint density at radius 2 is 1.96 bits per heavy atom. The molecule has 7 heteroatoms. The summed E-state index contributed by atoms with van der Waals surface area (Å²) in [5, 5.41) is 9.41. The molecule has 0 amide bonds. The summed E-state index contributed by atoms with van der Waals surface area (Å²) < 4.78 is 0. The van der Waals surface area contributed by atoms with E-state index in [9.17, 15) is 0 Å². The molecule has 0 saturated carbocycles. The summed E-state index contributed by atoms with van der Waals surface area (Å²) in [7, 11) is 1.88. The molecule has 1 aromatic heterocycles. The van der Waals surface area contributed by atoms with Gasteiger partial charge in [0.05, 0.1) is 6.04 Å². The largest absolute Gasteiger partial charge is 0.355 e. The zero-order valence-electron chi connectivity index (χ0n) is 17.4. The van der Waals surface area contributed by atoms with E-state index in [0.29, 0.717) is 12.1 Å². The molecule has 0 aliphatic carbocycles. The zero-order valence-corrected chi connectivity index (χ0v) is 18.3. The van der Waals surface area contributed by atoms with E-state index in [0.717, 1.165) is 25.0 Å². The van der Waals surface area contributed by atoms with Gasteiger partial charge < -0.3 is 10.6 Å². The Kier molecular flexibility index (Phi) is 6.88. The van der Waals surface area contributed by atoms with Crippen LogP contribution in [0.3, 0.4) is 0 Å². The Morgan fingerprint density at radius 3 is 2.57 bits per heavy atom. The van der Waals surface area contributed by atoms with Gasteiger partial charge in [-0.2, -0.15) is 0 Å². The molecule has 28 heavy (non-hydrogen) atoms. The van der Waals surface area contributed by atoms with E-state index < -0.39 is 0 Å². The van der Waals surface area contributed by atoms with Crippen molar-refractivity contribution < 1.29 is 0 Å². The fourth-order valence-corrected chi connectivity index (χ4v) is 5.64. The third-order valence-electron chi connectivity index (χ3n) is 6.71. The number of hydrogen-bond acceptors (Lipinski definition) is 5. The van der Waals surface area contributed by atoms with Gasteiger partial charge >= 0.3 is 0 Å². The van der Waals surface area contributed by atoms with Gasteiger partial charge in [-0.3, -0.25) is 19.7 Å². The molecule has 2 atom stereocenters. The van der Waals surface area contributed by atoms with E-state index in [2.05, 4.69) is 54.8 Å². The first-order valence-corrected chi connectivity index (χ1v) is 11.8. The maximum atomic E-state index is 4.49. The fraction of sp³-hybridized carbons (Fsp3) is 0.762. The maximum Gasteiger partial charge on any atom is 0.191 e. The van der Waals surface area contributed by atoms with Crippen molar-refractivity contribution in [3.63, 3.8) is 0 Å². The maximum absolute atomic E-state index is 4.49. The molecule has 4 saturated heterocycles. The molecule has 0 spiro atoms. The van der Waals surface area contributed by atoms with Gasteiger partial charge in [-0.25, -0.2) is 0 Å². The SMILES string of the molecule is CN=C(NCC1CN2CCN1CC2)NCC(c1cccs1)N1CCC(C)CC1. The standard InChI is InChI=1S/C21H36N6S/c1-17-5-7-27(8-6-17)19(20-4-3-13-28-20)15-24-21(22-2)23-14-18-16-25-9-11-26(18)12-10-25/h3-4,13,17-19H,5-12,14-16H2,1-2H3,(H2,22,23,24). The minimum absolute atomic E-state index is 0.437. The van der Waals surface area contributed by atoms with E-state index in [1.165, 1.54) is 63.5 Å². The van der Waals surface area contributed by atoms with Crippen LogP contribution in [-0.2, 0) is 0 Å². The molecule has 0 radical (unpaired) electrons. The van der Waals surface area contributed by atoms with E-state index in [-0.39, 0.29) is 0 Å². The second-order valence-corrected chi connectivity index (χ2v) is 9.55. The van der Waals surface area contributed by atoms with Crippen LogP contribution in [0.4, 0.5) is 0 Å². The van der Waals surface area contributed by atoms with E-state index in [1.807, 2.05) is 18.4 Å². The van der Waals surface area contributed by atoms with Gasteiger partial charge in [0.2, 0.25) is 0 Å². The second kappa shape index (κ2) is 9.57. The normalized spacial score (nSPS) is 30.4. The molecule has 5 rings (SSSR count). The van der Waals surface area contributed by atoms with Crippen LogP contribution in [0.1, 0.15) is 30.7 Å². The summed E-state index contributed by atoms with van der Waals surface area (Å²) in [6, 6.07) is 5.50. The lowest BCUT2D eigenvalue weighted by Crippen LogP contribution is -2.64. The first kappa shape index (κ1) is 20.1. The molecule has 2 bridgehead atoms. The lowest BCUT2D eigenvalue weighted by molar-refractivity contribution is 0.0154. The first-order chi connectivity index (χ1) is 13.7. The van der Waals surface area contributed by atoms with Crippen LogP contribution >= 0.6 is 11.3 Å². The lowest BCUT2D eigenvalue weighted by Gasteiger charge is -2.47. The van der Waals surface area contributed by atoms with Gasteiger partial charge in [0.1, 0.15) is 0 Å². The Bertz CT molecular complexity index is 617. The third kappa shape index (κ3) is 4.87. The summed E-state index contributed by atoms with van der Waals surface area (Å²) in [6.45, 7) is 12.8.